The average Bonchev–Trinajstić information content (AvgIpc) is 3.13. The molecule has 2 aromatic rings. The van der Waals surface area contributed by atoms with Crippen molar-refractivity contribution in [3.63, 3.8) is 0 Å². The van der Waals surface area contributed by atoms with Crippen molar-refractivity contribution in [3.05, 3.63) is 24.9 Å². The molecule has 0 bridgehead atoms. The van der Waals surface area contributed by atoms with Crippen LogP contribution in [0.15, 0.2) is 29.3 Å². The topological polar surface area (TPSA) is 65.7 Å². The van der Waals surface area contributed by atoms with Gasteiger partial charge in [-0.15, -0.1) is 0 Å². The van der Waals surface area contributed by atoms with Gasteiger partial charge in [-0.05, 0) is 19.9 Å². The highest BCUT2D eigenvalue weighted by atomic mass is 16.3. The Hall–Kier alpha value is -2.41. The molecule has 2 aliphatic heterocycles. The summed E-state index contributed by atoms with van der Waals surface area (Å²) in [6, 6.07) is 2.22. The summed E-state index contributed by atoms with van der Waals surface area (Å²) in [5, 5.41) is 0. The Bertz CT molecular complexity index is 758. The van der Waals surface area contributed by atoms with Crippen molar-refractivity contribution in [3.8, 4) is 11.3 Å². The van der Waals surface area contributed by atoms with E-state index in [0.717, 1.165) is 36.7 Å². The highest BCUT2D eigenvalue weighted by Gasteiger charge is 2.41. The van der Waals surface area contributed by atoms with Gasteiger partial charge in [0.15, 0.2) is 18.0 Å². The maximum Gasteiger partial charge on any atom is 0.250 e. The minimum Gasteiger partial charge on any atom is -0.443 e. The van der Waals surface area contributed by atoms with Crippen LogP contribution < -0.4 is 9.80 Å². The number of piperazine rings is 1. The fraction of sp³-hybridized carbons (Fsp3) is 0.471. The molecule has 7 heteroatoms. The second-order valence-corrected chi connectivity index (χ2v) is 6.63. The Labute approximate surface area is 140 Å². The van der Waals surface area contributed by atoms with Crippen LogP contribution in [0, 0.1) is 0 Å². The molecule has 0 aliphatic carbocycles. The highest BCUT2D eigenvalue weighted by Crippen LogP contribution is 2.37. The van der Waals surface area contributed by atoms with Crippen molar-refractivity contribution in [2.24, 2.45) is 0 Å². The van der Waals surface area contributed by atoms with Crippen LogP contribution in [0.2, 0.25) is 0 Å². The predicted octanol–water partition coefficient (Wildman–Crippen LogP) is 1.61. The zero-order valence-electron chi connectivity index (χ0n) is 14.1. The number of nitrogens with zero attached hydrogens (tertiary/aromatic N) is 5. The van der Waals surface area contributed by atoms with Crippen LogP contribution in [0.25, 0.3) is 11.3 Å². The minimum absolute atomic E-state index is 0.115. The zero-order chi connectivity index (χ0) is 16.8. The molecule has 7 nitrogen and oxygen atoms in total. The molecule has 4 heterocycles. The molecule has 126 valence electrons. The maximum atomic E-state index is 12.9. The van der Waals surface area contributed by atoms with Crippen LogP contribution in [0.5, 0.6) is 0 Å². The Morgan fingerprint density at radius 3 is 2.83 bits per heavy atom. The summed E-state index contributed by atoms with van der Waals surface area (Å²) in [5.74, 6) is 1.64. The molecule has 0 saturated carbocycles. The minimum atomic E-state index is -0.165. The molecular formula is C17H21N5O2. The molecule has 0 aromatic carbocycles. The van der Waals surface area contributed by atoms with E-state index in [4.69, 9.17) is 4.42 Å². The lowest BCUT2D eigenvalue weighted by Gasteiger charge is -2.47. The molecule has 1 saturated heterocycles. The number of amides is 1. The lowest BCUT2D eigenvalue weighted by Crippen LogP contribution is -2.63. The SMILES string of the molecule is CC(C)N1CCN2c3ncc(-c4cnco4)cc3N(C)C(=O)C2C1. The zero-order valence-corrected chi connectivity index (χ0v) is 14.1. The molecule has 1 fully saturated rings. The third kappa shape index (κ3) is 2.27. The van der Waals surface area contributed by atoms with Crippen molar-refractivity contribution >= 4 is 17.4 Å². The van der Waals surface area contributed by atoms with Crippen LogP contribution in [0.1, 0.15) is 13.8 Å². The van der Waals surface area contributed by atoms with E-state index in [1.54, 1.807) is 17.3 Å². The molecule has 2 aliphatic rings. The van der Waals surface area contributed by atoms with Crippen molar-refractivity contribution in [2.45, 2.75) is 25.9 Å². The number of anilines is 2. The second-order valence-electron chi connectivity index (χ2n) is 6.63. The number of aromatic nitrogens is 2. The van der Waals surface area contributed by atoms with Gasteiger partial charge in [0.25, 0.3) is 5.91 Å². The van der Waals surface area contributed by atoms with Gasteiger partial charge in [-0.1, -0.05) is 0 Å². The summed E-state index contributed by atoms with van der Waals surface area (Å²) >= 11 is 0. The monoisotopic (exact) mass is 327 g/mol. The van der Waals surface area contributed by atoms with E-state index in [9.17, 15) is 4.79 Å². The quantitative estimate of drug-likeness (QED) is 0.835. The number of pyridine rings is 1. The van der Waals surface area contributed by atoms with Gasteiger partial charge in [-0.25, -0.2) is 9.97 Å². The third-order valence-electron chi connectivity index (χ3n) is 4.96. The van der Waals surface area contributed by atoms with Crippen LogP contribution in [-0.4, -0.2) is 59.5 Å². The Morgan fingerprint density at radius 2 is 2.12 bits per heavy atom. The van der Waals surface area contributed by atoms with E-state index in [1.165, 1.54) is 6.39 Å². The molecule has 24 heavy (non-hydrogen) atoms. The van der Waals surface area contributed by atoms with Crippen molar-refractivity contribution in [1.29, 1.82) is 0 Å². The normalized spacial score (nSPS) is 21.2. The molecule has 1 unspecified atom stereocenters. The number of carbonyl (C=O) groups is 1. The number of oxazole rings is 1. The number of carbonyl (C=O) groups excluding carboxylic acids is 1. The number of likely N-dealkylation sites (N-methyl/N-ethyl adjacent to an activating group) is 1. The van der Waals surface area contributed by atoms with E-state index in [-0.39, 0.29) is 11.9 Å². The van der Waals surface area contributed by atoms with Gasteiger partial charge in [0.1, 0.15) is 6.04 Å². The van der Waals surface area contributed by atoms with Crippen LogP contribution >= 0.6 is 0 Å². The first-order chi connectivity index (χ1) is 11.6. The molecular weight excluding hydrogens is 306 g/mol. The summed E-state index contributed by atoms with van der Waals surface area (Å²) < 4.78 is 5.34. The predicted molar refractivity (Wildman–Crippen MR) is 91.0 cm³/mol. The highest BCUT2D eigenvalue weighted by molar-refractivity contribution is 6.05. The van der Waals surface area contributed by atoms with Crippen molar-refractivity contribution in [2.75, 3.05) is 36.5 Å². The first kappa shape index (κ1) is 15.1. The number of rotatable bonds is 2. The Morgan fingerprint density at radius 1 is 1.29 bits per heavy atom. The smallest absolute Gasteiger partial charge is 0.250 e. The Kier molecular flexibility index (Phi) is 3.53. The first-order valence-corrected chi connectivity index (χ1v) is 8.23. The van der Waals surface area contributed by atoms with Gasteiger partial charge in [0.2, 0.25) is 0 Å². The fourth-order valence-corrected chi connectivity index (χ4v) is 3.49. The largest absolute Gasteiger partial charge is 0.443 e. The van der Waals surface area contributed by atoms with E-state index >= 15 is 0 Å². The fourth-order valence-electron chi connectivity index (χ4n) is 3.49. The lowest BCUT2D eigenvalue weighted by atomic mass is 10.0. The van der Waals surface area contributed by atoms with E-state index in [2.05, 4.69) is 33.6 Å². The molecule has 4 rings (SSSR count). The van der Waals surface area contributed by atoms with Gasteiger partial charge >= 0.3 is 0 Å². The van der Waals surface area contributed by atoms with Crippen molar-refractivity contribution in [1.82, 2.24) is 14.9 Å². The van der Waals surface area contributed by atoms with Gasteiger partial charge in [-0.2, -0.15) is 0 Å². The summed E-state index contributed by atoms with van der Waals surface area (Å²) in [4.78, 5) is 27.7. The molecule has 0 radical (unpaired) electrons. The maximum absolute atomic E-state index is 12.9. The third-order valence-corrected chi connectivity index (χ3v) is 4.96. The van der Waals surface area contributed by atoms with Gasteiger partial charge in [0.05, 0.1) is 11.9 Å². The number of hydrogen-bond acceptors (Lipinski definition) is 6. The van der Waals surface area contributed by atoms with Gasteiger partial charge in [0, 0.05) is 44.5 Å². The van der Waals surface area contributed by atoms with E-state index in [1.807, 2.05) is 13.1 Å². The first-order valence-electron chi connectivity index (χ1n) is 8.23. The molecule has 1 atom stereocenters. The van der Waals surface area contributed by atoms with Crippen LogP contribution in [-0.2, 0) is 4.79 Å². The standard InChI is InChI=1S/C17H21N5O2/c1-11(2)21-4-5-22-14(9-21)17(23)20(3)13-6-12(7-19-16(13)22)15-8-18-10-24-15/h6-8,10-11,14H,4-5,9H2,1-3H3. The average molecular weight is 327 g/mol. The summed E-state index contributed by atoms with van der Waals surface area (Å²) in [6.45, 7) is 6.83. The molecule has 0 N–H and O–H groups in total. The van der Waals surface area contributed by atoms with Gasteiger partial charge in [-0.3, -0.25) is 9.69 Å². The number of fused-ring (bicyclic) bond motifs is 3. The van der Waals surface area contributed by atoms with E-state index in [0.29, 0.717) is 11.8 Å². The number of hydrogen-bond donors (Lipinski definition) is 0. The lowest BCUT2D eigenvalue weighted by molar-refractivity contribution is -0.121. The molecule has 0 spiro atoms. The second kappa shape index (κ2) is 5.59. The van der Waals surface area contributed by atoms with Crippen LogP contribution in [0.3, 0.4) is 0 Å². The molecule has 2 aromatic heterocycles. The summed E-state index contributed by atoms with van der Waals surface area (Å²) in [7, 11) is 1.82. The Balaban J connectivity index is 1.72. The van der Waals surface area contributed by atoms with Gasteiger partial charge < -0.3 is 14.2 Å². The van der Waals surface area contributed by atoms with Crippen molar-refractivity contribution < 1.29 is 9.21 Å². The summed E-state index contributed by atoms with van der Waals surface area (Å²) in [5.41, 5.74) is 1.65. The summed E-state index contributed by atoms with van der Waals surface area (Å²) in [6.07, 6.45) is 4.83. The molecule has 1 amide bonds. The van der Waals surface area contributed by atoms with E-state index < -0.39 is 0 Å². The van der Waals surface area contributed by atoms with Crippen LogP contribution in [0.4, 0.5) is 11.5 Å².